The topological polar surface area (TPSA) is 62.2 Å². The number of carbonyl (C=O) groups is 1. The number of thioether (sulfide) groups is 1. The molecule has 120 valence electrons. The van der Waals surface area contributed by atoms with E-state index in [9.17, 15) is 9.90 Å². The zero-order valence-electron chi connectivity index (χ0n) is 12.8. The van der Waals surface area contributed by atoms with Gasteiger partial charge in [0.15, 0.2) is 0 Å². The Labute approximate surface area is 136 Å². The van der Waals surface area contributed by atoms with Gasteiger partial charge in [-0.15, -0.1) is 0 Å². The molecule has 1 aromatic heterocycles. The van der Waals surface area contributed by atoms with Crippen molar-refractivity contribution in [2.75, 3.05) is 12.4 Å². The fraction of sp³-hybridized carbons (Fsp3) is 0.647. The first-order valence-corrected chi connectivity index (χ1v) is 9.31. The minimum absolute atomic E-state index is 0.129. The van der Waals surface area contributed by atoms with Gasteiger partial charge < -0.3 is 10.4 Å². The minimum atomic E-state index is 0.129. The maximum atomic E-state index is 12.1. The number of aliphatic hydroxyl groups excluding tert-OH is 1. The van der Waals surface area contributed by atoms with Gasteiger partial charge >= 0.3 is 0 Å². The molecule has 1 amide bonds. The largest absolute Gasteiger partial charge is 0.396 e. The standard InChI is InChI=1S/C17H24N2O2S/c20-10-15-12-4-5-13(9-12)17(15)19-16(21)6-8-22-11-14-3-1-2-7-18-14/h1-3,7,12-13,15,17,20H,4-6,8-11H2,(H,19,21). The highest BCUT2D eigenvalue weighted by molar-refractivity contribution is 7.98. The molecule has 1 heterocycles. The molecule has 0 aliphatic heterocycles. The van der Waals surface area contributed by atoms with Gasteiger partial charge in [0.1, 0.15) is 0 Å². The Balaban J connectivity index is 1.38. The summed E-state index contributed by atoms with van der Waals surface area (Å²) in [6.07, 6.45) is 5.96. The predicted octanol–water partition coefficient (Wildman–Crippen LogP) is 2.23. The van der Waals surface area contributed by atoms with E-state index < -0.39 is 0 Å². The lowest BCUT2D eigenvalue weighted by molar-refractivity contribution is -0.122. The number of fused-ring (bicyclic) bond motifs is 2. The van der Waals surface area contributed by atoms with Crippen LogP contribution < -0.4 is 5.32 Å². The zero-order chi connectivity index (χ0) is 15.4. The number of hydrogen-bond acceptors (Lipinski definition) is 4. The molecule has 2 aliphatic carbocycles. The molecule has 1 aromatic rings. The molecule has 5 heteroatoms. The van der Waals surface area contributed by atoms with Gasteiger partial charge in [0.05, 0.1) is 5.69 Å². The minimum Gasteiger partial charge on any atom is -0.396 e. The van der Waals surface area contributed by atoms with E-state index in [0.29, 0.717) is 18.3 Å². The van der Waals surface area contributed by atoms with Crippen molar-refractivity contribution in [1.29, 1.82) is 0 Å². The highest BCUT2D eigenvalue weighted by Gasteiger charge is 2.47. The third-order valence-electron chi connectivity index (χ3n) is 5.08. The maximum absolute atomic E-state index is 12.1. The second kappa shape index (κ2) is 7.47. The highest BCUT2D eigenvalue weighted by Crippen LogP contribution is 2.48. The van der Waals surface area contributed by atoms with Crippen molar-refractivity contribution in [2.45, 2.75) is 37.5 Å². The third-order valence-corrected chi connectivity index (χ3v) is 6.07. The van der Waals surface area contributed by atoms with Crippen LogP contribution in [0.5, 0.6) is 0 Å². The molecule has 2 saturated carbocycles. The number of nitrogens with one attached hydrogen (secondary N) is 1. The van der Waals surface area contributed by atoms with E-state index in [-0.39, 0.29) is 24.5 Å². The first-order chi connectivity index (χ1) is 10.8. The summed E-state index contributed by atoms with van der Waals surface area (Å²) in [4.78, 5) is 16.4. The van der Waals surface area contributed by atoms with Crippen molar-refractivity contribution < 1.29 is 9.90 Å². The van der Waals surface area contributed by atoms with Crippen molar-refractivity contribution in [3.63, 3.8) is 0 Å². The summed E-state index contributed by atoms with van der Waals surface area (Å²) in [5.41, 5.74) is 1.06. The molecule has 22 heavy (non-hydrogen) atoms. The van der Waals surface area contributed by atoms with Crippen LogP contribution in [0, 0.1) is 17.8 Å². The molecule has 2 N–H and O–H groups in total. The molecule has 0 radical (unpaired) electrons. The second-order valence-electron chi connectivity index (χ2n) is 6.40. The van der Waals surface area contributed by atoms with Gasteiger partial charge in [-0.25, -0.2) is 0 Å². The van der Waals surface area contributed by atoms with E-state index in [1.54, 1.807) is 18.0 Å². The first-order valence-electron chi connectivity index (χ1n) is 8.16. The molecular formula is C17H24N2O2S. The average Bonchev–Trinajstić information content (AvgIpc) is 3.14. The number of amides is 1. The zero-order valence-corrected chi connectivity index (χ0v) is 13.6. The van der Waals surface area contributed by atoms with Gasteiger partial charge in [-0.2, -0.15) is 11.8 Å². The average molecular weight is 320 g/mol. The van der Waals surface area contributed by atoms with Gasteiger partial charge in [-0.05, 0) is 43.2 Å². The van der Waals surface area contributed by atoms with Gasteiger partial charge in [-0.3, -0.25) is 9.78 Å². The monoisotopic (exact) mass is 320 g/mol. The molecule has 0 saturated heterocycles. The molecule has 0 aromatic carbocycles. The number of nitrogens with zero attached hydrogens (tertiary/aromatic N) is 1. The van der Waals surface area contributed by atoms with Crippen molar-refractivity contribution in [3.8, 4) is 0 Å². The van der Waals surface area contributed by atoms with Gasteiger partial charge in [0, 0.05) is 42.7 Å². The van der Waals surface area contributed by atoms with E-state index in [0.717, 1.165) is 17.2 Å². The van der Waals surface area contributed by atoms with E-state index >= 15 is 0 Å². The van der Waals surface area contributed by atoms with E-state index in [4.69, 9.17) is 0 Å². The van der Waals surface area contributed by atoms with Crippen molar-refractivity contribution in [3.05, 3.63) is 30.1 Å². The normalized spacial score (nSPS) is 29.7. The van der Waals surface area contributed by atoms with Crippen LogP contribution in [-0.2, 0) is 10.5 Å². The van der Waals surface area contributed by atoms with Crippen molar-refractivity contribution >= 4 is 17.7 Å². The summed E-state index contributed by atoms with van der Waals surface area (Å²) in [6, 6.07) is 6.11. The SMILES string of the molecule is O=C(CCSCc1ccccn1)NC1C2CCC(C2)C1CO. The number of hydrogen-bond donors (Lipinski definition) is 2. The van der Waals surface area contributed by atoms with Crippen molar-refractivity contribution in [1.82, 2.24) is 10.3 Å². The number of aromatic nitrogens is 1. The Morgan fingerprint density at radius 2 is 2.23 bits per heavy atom. The van der Waals surface area contributed by atoms with Gasteiger partial charge in [0.25, 0.3) is 0 Å². The molecule has 4 unspecified atom stereocenters. The van der Waals surface area contributed by atoms with Crippen LogP contribution in [-0.4, -0.2) is 34.4 Å². The number of pyridine rings is 1. The molecule has 2 fully saturated rings. The Bertz CT molecular complexity index is 497. The van der Waals surface area contributed by atoms with Crippen molar-refractivity contribution in [2.24, 2.45) is 17.8 Å². The highest BCUT2D eigenvalue weighted by atomic mass is 32.2. The lowest BCUT2D eigenvalue weighted by Crippen LogP contribution is -2.45. The molecule has 4 nitrogen and oxygen atoms in total. The maximum Gasteiger partial charge on any atom is 0.221 e. The Kier molecular flexibility index (Phi) is 5.37. The molecule has 4 atom stereocenters. The van der Waals surface area contributed by atoms with E-state index in [1.165, 1.54) is 19.3 Å². The summed E-state index contributed by atoms with van der Waals surface area (Å²) < 4.78 is 0. The van der Waals surface area contributed by atoms with Gasteiger partial charge in [0.2, 0.25) is 5.91 Å². The quantitative estimate of drug-likeness (QED) is 0.756. The third kappa shape index (κ3) is 3.63. The molecule has 0 spiro atoms. The fourth-order valence-corrected chi connectivity index (χ4v) is 4.84. The number of rotatable bonds is 7. The number of aliphatic hydroxyl groups is 1. The van der Waals surface area contributed by atoms with Crippen LogP contribution in [0.15, 0.2) is 24.4 Å². The molecule has 2 bridgehead atoms. The summed E-state index contributed by atoms with van der Waals surface area (Å²) >= 11 is 1.74. The van der Waals surface area contributed by atoms with Crippen LogP contribution in [0.4, 0.5) is 0 Å². The number of carbonyl (C=O) groups excluding carboxylic acids is 1. The van der Waals surface area contributed by atoms with Crippen LogP contribution in [0.1, 0.15) is 31.4 Å². The lowest BCUT2D eigenvalue weighted by atomic mass is 9.85. The summed E-state index contributed by atoms with van der Waals surface area (Å²) in [6.45, 7) is 0.209. The lowest BCUT2D eigenvalue weighted by Gasteiger charge is -2.30. The summed E-state index contributed by atoms with van der Waals surface area (Å²) in [5.74, 6) is 3.29. The molecular weight excluding hydrogens is 296 g/mol. The summed E-state index contributed by atoms with van der Waals surface area (Å²) in [7, 11) is 0. The summed E-state index contributed by atoms with van der Waals surface area (Å²) in [5, 5.41) is 12.7. The van der Waals surface area contributed by atoms with Crippen LogP contribution in [0.3, 0.4) is 0 Å². The first kappa shape index (κ1) is 15.8. The molecule has 3 rings (SSSR count). The molecule has 2 aliphatic rings. The van der Waals surface area contributed by atoms with Crippen LogP contribution in [0.25, 0.3) is 0 Å². The van der Waals surface area contributed by atoms with E-state index in [2.05, 4.69) is 10.3 Å². The smallest absolute Gasteiger partial charge is 0.221 e. The predicted molar refractivity (Wildman–Crippen MR) is 88.4 cm³/mol. The second-order valence-corrected chi connectivity index (χ2v) is 7.50. The van der Waals surface area contributed by atoms with Crippen LogP contribution in [0.2, 0.25) is 0 Å². The van der Waals surface area contributed by atoms with Gasteiger partial charge in [-0.1, -0.05) is 6.07 Å². The van der Waals surface area contributed by atoms with E-state index in [1.807, 2.05) is 18.2 Å². The Hall–Kier alpha value is -1.07. The van der Waals surface area contributed by atoms with Crippen LogP contribution >= 0.6 is 11.8 Å². The fourth-order valence-electron chi connectivity index (χ4n) is 3.98. The Morgan fingerprint density at radius 1 is 1.36 bits per heavy atom. The Morgan fingerprint density at radius 3 is 3.00 bits per heavy atom.